The summed E-state index contributed by atoms with van der Waals surface area (Å²) in [6.07, 6.45) is 0. The monoisotopic (exact) mass is 209 g/mol. The summed E-state index contributed by atoms with van der Waals surface area (Å²) in [7, 11) is 1.57. The minimum atomic E-state index is -0.172. The minimum Gasteiger partial charge on any atom is -0.355 e. The zero-order valence-corrected chi connectivity index (χ0v) is 8.85. The van der Waals surface area contributed by atoms with E-state index in [1.54, 1.807) is 31.3 Å². The van der Waals surface area contributed by atoms with E-state index in [-0.39, 0.29) is 11.0 Å². The Kier molecular flexibility index (Phi) is 3.71. The molecule has 0 fully saturated rings. The Balaban J connectivity index is 3.02. The smallest absolute Gasteiger partial charge is 0.252 e. The fourth-order valence-corrected chi connectivity index (χ4v) is 1.76. The van der Waals surface area contributed by atoms with Crippen molar-refractivity contribution in [1.82, 2.24) is 5.32 Å². The Labute approximate surface area is 86.9 Å². The van der Waals surface area contributed by atoms with Crippen LogP contribution in [0.15, 0.2) is 29.2 Å². The maximum Gasteiger partial charge on any atom is 0.252 e. The van der Waals surface area contributed by atoms with E-state index in [0.29, 0.717) is 10.5 Å². The average Bonchev–Trinajstić information content (AvgIpc) is 2.16. The molecular weight excluding hydrogens is 198 g/mol. The van der Waals surface area contributed by atoms with Crippen molar-refractivity contribution in [1.29, 1.82) is 0 Å². The fraction of sp³-hybridized carbons (Fsp3) is 0.200. The van der Waals surface area contributed by atoms with Gasteiger partial charge >= 0.3 is 0 Å². The van der Waals surface area contributed by atoms with Gasteiger partial charge in [-0.15, -0.1) is 0 Å². The highest BCUT2D eigenvalue weighted by Gasteiger charge is 2.10. The molecule has 0 aliphatic heterocycles. The molecule has 0 radical (unpaired) electrons. The summed E-state index contributed by atoms with van der Waals surface area (Å²) in [6, 6.07) is 7.03. The first kappa shape index (κ1) is 10.8. The van der Waals surface area contributed by atoms with Gasteiger partial charge in [0.1, 0.15) is 0 Å². The average molecular weight is 209 g/mol. The van der Waals surface area contributed by atoms with Crippen LogP contribution in [-0.4, -0.2) is 18.1 Å². The van der Waals surface area contributed by atoms with E-state index in [2.05, 4.69) is 5.32 Å². The molecule has 0 saturated heterocycles. The van der Waals surface area contributed by atoms with Gasteiger partial charge in [-0.05, 0) is 12.1 Å². The highest BCUT2D eigenvalue weighted by atomic mass is 32.2. The van der Waals surface area contributed by atoms with Crippen LogP contribution < -0.4 is 5.32 Å². The lowest BCUT2D eigenvalue weighted by Crippen LogP contribution is -2.18. The molecule has 1 rings (SSSR count). The summed E-state index contributed by atoms with van der Waals surface area (Å²) >= 11 is 1.07. The maximum absolute atomic E-state index is 11.4. The number of amides is 1. The molecule has 0 spiro atoms. The molecule has 0 heterocycles. The van der Waals surface area contributed by atoms with E-state index in [1.165, 1.54) is 6.92 Å². The normalized spacial score (nSPS) is 9.57. The SMILES string of the molecule is CNC(=O)c1ccccc1SC(C)=O. The van der Waals surface area contributed by atoms with Crippen LogP contribution in [0, 0.1) is 0 Å². The molecule has 1 amide bonds. The largest absolute Gasteiger partial charge is 0.355 e. The number of carbonyl (C=O) groups excluding carboxylic acids is 2. The van der Waals surface area contributed by atoms with Gasteiger partial charge < -0.3 is 5.32 Å². The van der Waals surface area contributed by atoms with E-state index in [1.807, 2.05) is 0 Å². The Morgan fingerprint density at radius 3 is 2.50 bits per heavy atom. The third kappa shape index (κ3) is 2.60. The van der Waals surface area contributed by atoms with Crippen molar-refractivity contribution >= 4 is 22.8 Å². The van der Waals surface area contributed by atoms with Crippen molar-refractivity contribution < 1.29 is 9.59 Å². The summed E-state index contributed by atoms with van der Waals surface area (Å²) in [5.41, 5.74) is 0.537. The van der Waals surface area contributed by atoms with Crippen LogP contribution in [0.25, 0.3) is 0 Å². The second-order valence-corrected chi connectivity index (χ2v) is 3.89. The van der Waals surface area contributed by atoms with Gasteiger partial charge in [0.15, 0.2) is 5.12 Å². The lowest BCUT2D eigenvalue weighted by Gasteiger charge is -2.04. The van der Waals surface area contributed by atoms with Gasteiger partial charge in [0.25, 0.3) is 5.91 Å². The first-order valence-corrected chi connectivity index (χ1v) is 4.96. The molecule has 4 heteroatoms. The van der Waals surface area contributed by atoms with Gasteiger partial charge in [-0.1, -0.05) is 23.9 Å². The molecule has 0 unspecified atom stereocenters. The molecule has 3 nitrogen and oxygen atoms in total. The number of nitrogens with one attached hydrogen (secondary N) is 1. The number of hydrogen-bond acceptors (Lipinski definition) is 3. The number of hydrogen-bond donors (Lipinski definition) is 1. The molecule has 1 aromatic rings. The summed E-state index contributed by atoms with van der Waals surface area (Å²) in [5, 5.41) is 2.50. The van der Waals surface area contributed by atoms with Crippen LogP contribution in [0.1, 0.15) is 17.3 Å². The Morgan fingerprint density at radius 1 is 1.29 bits per heavy atom. The van der Waals surface area contributed by atoms with Crippen molar-refractivity contribution in [2.45, 2.75) is 11.8 Å². The van der Waals surface area contributed by atoms with Crippen LogP contribution in [0.2, 0.25) is 0 Å². The van der Waals surface area contributed by atoms with Crippen LogP contribution in [0.5, 0.6) is 0 Å². The predicted octanol–water partition coefficient (Wildman–Crippen LogP) is 1.68. The number of carbonyl (C=O) groups is 2. The third-order valence-electron chi connectivity index (χ3n) is 1.61. The van der Waals surface area contributed by atoms with E-state index >= 15 is 0 Å². The Bertz CT molecular complexity index is 363. The molecule has 0 aliphatic rings. The fourth-order valence-electron chi connectivity index (χ4n) is 1.03. The standard InChI is InChI=1S/C10H11NO2S/c1-7(12)14-9-6-4-3-5-8(9)10(13)11-2/h3-6H,1-2H3,(H,11,13). The Morgan fingerprint density at radius 2 is 1.93 bits per heavy atom. The molecule has 0 aromatic heterocycles. The highest BCUT2D eigenvalue weighted by molar-refractivity contribution is 8.13. The van der Waals surface area contributed by atoms with Gasteiger partial charge in [-0.3, -0.25) is 9.59 Å². The van der Waals surface area contributed by atoms with Gasteiger partial charge in [0.2, 0.25) is 0 Å². The molecule has 1 N–H and O–H groups in total. The van der Waals surface area contributed by atoms with Crippen LogP contribution in [0.3, 0.4) is 0 Å². The highest BCUT2D eigenvalue weighted by Crippen LogP contribution is 2.22. The molecule has 0 bridgehead atoms. The van der Waals surface area contributed by atoms with Gasteiger partial charge in [-0.25, -0.2) is 0 Å². The van der Waals surface area contributed by atoms with Gasteiger partial charge in [0.05, 0.1) is 5.56 Å². The summed E-state index contributed by atoms with van der Waals surface area (Å²) in [4.78, 5) is 23.0. The van der Waals surface area contributed by atoms with Gasteiger partial charge in [0, 0.05) is 18.9 Å². The quantitative estimate of drug-likeness (QED) is 0.754. The lowest BCUT2D eigenvalue weighted by atomic mass is 10.2. The molecule has 74 valence electrons. The number of benzene rings is 1. The Hall–Kier alpha value is -1.29. The molecule has 0 atom stereocenters. The molecule has 1 aromatic carbocycles. The zero-order chi connectivity index (χ0) is 10.6. The molecule has 14 heavy (non-hydrogen) atoms. The van der Waals surface area contributed by atoms with Gasteiger partial charge in [-0.2, -0.15) is 0 Å². The van der Waals surface area contributed by atoms with Crippen molar-refractivity contribution in [3.05, 3.63) is 29.8 Å². The van der Waals surface area contributed by atoms with Crippen LogP contribution in [-0.2, 0) is 4.79 Å². The predicted molar refractivity (Wildman–Crippen MR) is 56.4 cm³/mol. The molecular formula is C10H11NO2S. The lowest BCUT2D eigenvalue weighted by molar-refractivity contribution is -0.109. The summed E-state index contributed by atoms with van der Waals surface area (Å²) in [6.45, 7) is 1.48. The first-order valence-electron chi connectivity index (χ1n) is 4.14. The van der Waals surface area contributed by atoms with Crippen molar-refractivity contribution in [3.63, 3.8) is 0 Å². The number of thioether (sulfide) groups is 1. The maximum atomic E-state index is 11.4. The zero-order valence-electron chi connectivity index (χ0n) is 8.03. The number of rotatable bonds is 2. The van der Waals surface area contributed by atoms with Crippen molar-refractivity contribution in [2.24, 2.45) is 0 Å². The third-order valence-corrected chi connectivity index (χ3v) is 2.48. The molecule has 0 saturated carbocycles. The molecule has 0 aliphatic carbocycles. The van der Waals surface area contributed by atoms with Crippen molar-refractivity contribution in [3.8, 4) is 0 Å². The second-order valence-electron chi connectivity index (χ2n) is 2.67. The van der Waals surface area contributed by atoms with E-state index < -0.39 is 0 Å². The van der Waals surface area contributed by atoms with Crippen molar-refractivity contribution in [2.75, 3.05) is 7.05 Å². The van der Waals surface area contributed by atoms with E-state index in [4.69, 9.17) is 0 Å². The van der Waals surface area contributed by atoms with E-state index in [9.17, 15) is 9.59 Å². The summed E-state index contributed by atoms with van der Waals surface area (Å²) in [5.74, 6) is -0.172. The van der Waals surface area contributed by atoms with Crippen LogP contribution >= 0.6 is 11.8 Å². The van der Waals surface area contributed by atoms with Crippen LogP contribution in [0.4, 0.5) is 0 Å². The van der Waals surface area contributed by atoms with E-state index in [0.717, 1.165) is 11.8 Å². The summed E-state index contributed by atoms with van der Waals surface area (Å²) < 4.78 is 0. The second kappa shape index (κ2) is 4.81. The minimum absolute atomic E-state index is 0.0265. The topological polar surface area (TPSA) is 46.2 Å². The first-order chi connectivity index (χ1) is 6.65.